The molecule has 1 heterocycles. The standard InChI is InChI=1S/C14H18N6O3/c1-3-10(2)16-14(22)17-13(21)8-23-12-6-4-11(5-7-12)20-9-15-18-19-20/h4-7,9-10H,3,8H2,1-2H3,(H2,16,17,21,22)/t10-/m1/s1. The zero-order chi connectivity index (χ0) is 16.7. The molecule has 9 heteroatoms. The first kappa shape index (κ1) is 16.4. The van der Waals surface area contributed by atoms with Crippen molar-refractivity contribution in [3.8, 4) is 11.4 Å². The number of amides is 3. The highest BCUT2D eigenvalue weighted by Crippen LogP contribution is 2.13. The van der Waals surface area contributed by atoms with E-state index in [0.29, 0.717) is 5.75 Å². The maximum Gasteiger partial charge on any atom is 0.321 e. The van der Waals surface area contributed by atoms with Crippen LogP contribution < -0.4 is 15.4 Å². The number of aromatic nitrogens is 4. The fourth-order valence-corrected chi connectivity index (χ4v) is 1.65. The highest BCUT2D eigenvalue weighted by Gasteiger charge is 2.10. The number of hydrogen-bond acceptors (Lipinski definition) is 6. The number of carbonyl (C=O) groups is 2. The van der Waals surface area contributed by atoms with Crippen molar-refractivity contribution in [1.29, 1.82) is 0 Å². The summed E-state index contributed by atoms with van der Waals surface area (Å²) in [6, 6.07) is 6.34. The topological polar surface area (TPSA) is 111 Å². The third kappa shape index (κ3) is 5.06. The summed E-state index contributed by atoms with van der Waals surface area (Å²) in [5, 5.41) is 15.7. The minimum absolute atomic E-state index is 0.00235. The van der Waals surface area contributed by atoms with E-state index < -0.39 is 11.9 Å². The summed E-state index contributed by atoms with van der Waals surface area (Å²) in [6.45, 7) is 3.54. The predicted octanol–water partition coefficient (Wildman–Crippen LogP) is 0.665. The third-order valence-corrected chi connectivity index (χ3v) is 3.06. The number of nitrogens with zero attached hydrogens (tertiary/aromatic N) is 4. The monoisotopic (exact) mass is 318 g/mol. The van der Waals surface area contributed by atoms with E-state index in [4.69, 9.17) is 4.74 Å². The first-order valence-electron chi connectivity index (χ1n) is 7.15. The summed E-state index contributed by atoms with van der Waals surface area (Å²) in [7, 11) is 0. The second-order valence-electron chi connectivity index (χ2n) is 4.87. The molecule has 2 N–H and O–H groups in total. The average molecular weight is 318 g/mol. The lowest BCUT2D eigenvalue weighted by atomic mass is 10.3. The van der Waals surface area contributed by atoms with E-state index in [9.17, 15) is 9.59 Å². The van der Waals surface area contributed by atoms with E-state index >= 15 is 0 Å². The Morgan fingerprint density at radius 3 is 2.65 bits per heavy atom. The maximum atomic E-state index is 11.6. The van der Waals surface area contributed by atoms with Gasteiger partial charge in [-0.3, -0.25) is 10.1 Å². The fraction of sp³-hybridized carbons (Fsp3) is 0.357. The molecule has 2 rings (SSSR count). The molecule has 23 heavy (non-hydrogen) atoms. The van der Waals surface area contributed by atoms with Crippen molar-refractivity contribution in [3.63, 3.8) is 0 Å². The normalized spacial score (nSPS) is 11.6. The molecule has 0 spiro atoms. The van der Waals surface area contributed by atoms with Gasteiger partial charge in [0.15, 0.2) is 6.61 Å². The van der Waals surface area contributed by atoms with Gasteiger partial charge in [-0.05, 0) is 48.0 Å². The molecule has 0 radical (unpaired) electrons. The number of hydrogen-bond donors (Lipinski definition) is 2. The first-order chi connectivity index (χ1) is 11.1. The van der Waals surface area contributed by atoms with Crippen LogP contribution in [0, 0.1) is 0 Å². The minimum atomic E-state index is -0.526. The van der Waals surface area contributed by atoms with Crippen LogP contribution in [0.5, 0.6) is 5.75 Å². The highest BCUT2D eigenvalue weighted by atomic mass is 16.5. The summed E-state index contributed by atoms with van der Waals surface area (Å²) >= 11 is 0. The Labute approximate surface area is 133 Å². The van der Waals surface area contributed by atoms with Gasteiger partial charge in [0.25, 0.3) is 5.91 Å². The Morgan fingerprint density at radius 2 is 2.04 bits per heavy atom. The maximum absolute atomic E-state index is 11.6. The predicted molar refractivity (Wildman–Crippen MR) is 81.1 cm³/mol. The second-order valence-corrected chi connectivity index (χ2v) is 4.87. The first-order valence-corrected chi connectivity index (χ1v) is 7.15. The second kappa shape index (κ2) is 7.87. The lowest BCUT2D eigenvalue weighted by molar-refractivity contribution is -0.122. The summed E-state index contributed by atoms with van der Waals surface area (Å²) in [6.07, 6.45) is 2.25. The lowest BCUT2D eigenvalue weighted by Crippen LogP contribution is -2.44. The van der Waals surface area contributed by atoms with Crippen molar-refractivity contribution in [3.05, 3.63) is 30.6 Å². The van der Waals surface area contributed by atoms with Crippen LogP contribution in [0.15, 0.2) is 30.6 Å². The van der Waals surface area contributed by atoms with Gasteiger partial charge in [0.2, 0.25) is 0 Å². The van der Waals surface area contributed by atoms with Crippen molar-refractivity contribution < 1.29 is 14.3 Å². The van der Waals surface area contributed by atoms with Gasteiger partial charge in [-0.15, -0.1) is 5.10 Å². The summed E-state index contributed by atoms with van der Waals surface area (Å²) < 4.78 is 6.82. The van der Waals surface area contributed by atoms with Crippen molar-refractivity contribution in [2.45, 2.75) is 26.3 Å². The van der Waals surface area contributed by atoms with Crippen molar-refractivity contribution in [1.82, 2.24) is 30.8 Å². The Morgan fingerprint density at radius 1 is 1.30 bits per heavy atom. The van der Waals surface area contributed by atoms with E-state index in [1.807, 2.05) is 13.8 Å². The molecule has 0 unspecified atom stereocenters. The molecule has 122 valence electrons. The lowest BCUT2D eigenvalue weighted by Gasteiger charge is -2.12. The zero-order valence-corrected chi connectivity index (χ0v) is 12.9. The van der Waals surface area contributed by atoms with Crippen LogP contribution in [0.3, 0.4) is 0 Å². The van der Waals surface area contributed by atoms with Gasteiger partial charge in [-0.2, -0.15) is 0 Å². The summed E-state index contributed by atoms with van der Waals surface area (Å²) in [4.78, 5) is 23.1. The van der Waals surface area contributed by atoms with Crippen LogP contribution in [-0.4, -0.2) is 44.8 Å². The number of imide groups is 1. The molecule has 1 aromatic heterocycles. The van der Waals surface area contributed by atoms with Crippen LogP contribution in [0.25, 0.3) is 5.69 Å². The number of benzene rings is 1. The van der Waals surface area contributed by atoms with Crippen molar-refractivity contribution >= 4 is 11.9 Å². The van der Waals surface area contributed by atoms with Gasteiger partial charge in [-0.25, -0.2) is 9.48 Å². The number of ether oxygens (including phenoxy) is 1. The molecule has 1 atom stereocenters. The molecule has 0 aliphatic rings. The van der Waals surface area contributed by atoms with Gasteiger partial charge in [0, 0.05) is 6.04 Å². The molecular formula is C14H18N6O3. The third-order valence-electron chi connectivity index (χ3n) is 3.06. The van der Waals surface area contributed by atoms with E-state index in [-0.39, 0.29) is 12.6 Å². The Kier molecular flexibility index (Phi) is 5.61. The van der Waals surface area contributed by atoms with Gasteiger partial charge in [0.05, 0.1) is 5.69 Å². The largest absolute Gasteiger partial charge is 0.484 e. The SMILES string of the molecule is CC[C@@H](C)NC(=O)NC(=O)COc1ccc(-n2cnnn2)cc1. The van der Waals surface area contributed by atoms with E-state index in [1.54, 1.807) is 24.3 Å². The molecule has 2 aromatic rings. The van der Waals surface area contributed by atoms with Gasteiger partial charge in [0.1, 0.15) is 12.1 Å². The zero-order valence-electron chi connectivity index (χ0n) is 12.9. The van der Waals surface area contributed by atoms with Crippen molar-refractivity contribution in [2.24, 2.45) is 0 Å². The highest BCUT2D eigenvalue weighted by molar-refractivity contribution is 5.95. The molecule has 0 saturated heterocycles. The number of urea groups is 1. The van der Waals surface area contributed by atoms with E-state index in [0.717, 1.165) is 12.1 Å². The van der Waals surface area contributed by atoms with Gasteiger partial charge in [-0.1, -0.05) is 6.92 Å². The number of tetrazole rings is 1. The van der Waals surface area contributed by atoms with Crippen LogP contribution in [0.2, 0.25) is 0 Å². The molecule has 0 aliphatic carbocycles. The molecule has 9 nitrogen and oxygen atoms in total. The quantitative estimate of drug-likeness (QED) is 0.809. The Hall–Kier alpha value is -2.97. The summed E-state index contributed by atoms with van der Waals surface area (Å²) in [5.74, 6) is -0.0188. The number of rotatable bonds is 6. The van der Waals surface area contributed by atoms with E-state index in [2.05, 4.69) is 26.2 Å². The number of nitrogens with one attached hydrogen (secondary N) is 2. The average Bonchev–Trinajstić information content (AvgIpc) is 3.07. The molecule has 0 aliphatic heterocycles. The Bertz CT molecular complexity index is 641. The number of carbonyl (C=O) groups excluding carboxylic acids is 2. The molecule has 3 amide bonds. The molecule has 1 aromatic carbocycles. The van der Waals surface area contributed by atoms with Crippen molar-refractivity contribution in [2.75, 3.05) is 6.61 Å². The van der Waals surface area contributed by atoms with E-state index in [1.165, 1.54) is 11.0 Å². The van der Waals surface area contributed by atoms with Gasteiger partial charge < -0.3 is 10.1 Å². The fourth-order valence-electron chi connectivity index (χ4n) is 1.65. The molecule has 0 bridgehead atoms. The van der Waals surface area contributed by atoms with Crippen LogP contribution in [0.1, 0.15) is 20.3 Å². The smallest absolute Gasteiger partial charge is 0.321 e. The summed E-state index contributed by atoms with van der Waals surface area (Å²) in [5.41, 5.74) is 0.764. The minimum Gasteiger partial charge on any atom is -0.484 e. The van der Waals surface area contributed by atoms with Gasteiger partial charge >= 0.3 is 6.03 Å². The van der Waals surface area contributed by atoms with Crippen LogP contribution in [0.4, 0.5) is 4.79 Å². The van der Waals surface area contributed by atoms with Crippen LogP contribution in [-0.2, 0) is 4.79 Å². The molecule has 0 fully saturated rings. The van der Waals surface area contributed by atoms with Crippen LogP contribution >= 0.6 is 0 Å². The Balaban J connectivity index is 1.79. The molecule has 0 saturated carbocycles. The molecular weight excluding hydrogens is 300 g/mol.